The van der Waals surface area contributed by atoms with E-state index in [1.54, 1.807) is 6.92 Å². The van der Waals surface area contributed by atoms with E-state index in [1.807, 2.05) is 0 Å². The van der Waals surface area contributed by atoms with Crippen LogP contribution in [0.4, 0.5) is 0 Å². The van der Waals surface area contributed by atoms with Gasteiger partial charge in [0.1, 0.15) is 0 Å². The average molecular weight is 148 g/mol. The maximum absolute atomic E-state index is 10.7. The lowest BCUT2D eigenvalue weighted by Crippen LogP contribution is -2.24. The largest absolute Gasteiger partial charge is 0.330 e. The number of rotatable bonds is 3. The van der Waals surface area contributed by atoms with Crippen molar-refractivity contribution in [3.63, 3.8) is 0 Å². The van der Waals surface area contributed by atoms with Gasteiger partial charge in [-0.25, -0.2) is 0 Å². The number of hydrogen-bond acceptors (Lipinski definition) is 4. The standard InChI is InChI=1S/C5H12N2OS/c1-4(7)5(8)9-3-2-6/h4H,2-3,6-7H2,1H3/t4-/m0/s1. The average Bonchev–Trinajstić information content (AvgIpc) is 1.82. The van der Waals surface area contributed by atoms with Gasteiger partial charge in [-0.3, -0.25) is 4.79 Å². The first kappa shape index (κ1) is 8.94. The van der Waals surface area contributed by atoms with Gasteiger partial charge in [0.25, 0.3) is 0 Å². The minimum atomic E-state index is -0.360. The van der Waals surface area contributed by atoms with Crippen molar-refractivity contribution < 1.29 is 4.79 Å². The topological polar surface area (TPSA) is 69.1 Å². The van der Waals surface area contributed by atoms with Crippen LogP contribution in [-0.2, 0) is 4.79 Å². The smallest absolute Gasteiger partial charge is 0.205 e. The van der Waals surface area contributed by atoms with Gasteiger partial charge in [0.05, 0.1) is 6.04 Å². The highest BCUT2D eigenvalue weighted by molar-refractivity contribution is 8.13. The quantitative estimate of drug-likeness (QED) is 0.569. The zero-order valence-electron chi connectivity index (χ0n) is 5.46. The second-order valence-corrected chi connectivity index (χ2v) is 2.84. The fourth-order valence-electron chi connectivity index (χ4n) is 0.291. The third kappa shape index (κ3) is 4.44. The van der Waals surface area contributed by atoms with E-state index in [-0.39, 0.29) is 11.2 Å². The number of hydrogen-bond donors (Lipinski definition) is 2. The molecule has 0 fully saturated rings. The van der Waals surface area contributed by atoms with E-state index in [2.05, 4.69) is 0 Å². The van der Waals surface area contributed by atoms with E-state index < -0.39 is 0 Å². The van der Waals surface area contributed by atoms with Crippen LogP contribution < -0.4 is 11.5 Å². The van der Waals surface area contributed by atoms with Crippen molar-refractivity contribution in [1.29, 1.82) is 0 Å². The SMILES string of the molecule is C[C@H](N)C(=O)SCCN. The molecule has 0 bridgehead atoms. The summed E-state index contributed by atoms with van der Waals surface area (Å²) in [5.41, 5.74) is 10.4. The summed E-state index contributed by atoms with van der Waals surface area (Å²) in [5.74, 6) is 0.667. The highest BCUT2D eigenvalue weighted by atomic mass is 32.2. The molecule has 0 radical (unpaired) electrons. The van der Waals surface area contributed by atoms with E-state index in [0.717, 1.165) is 0 Å². The lowest BCUT2D eigenvalue weighted by molar-refractivity contribution is -0.111. The molecule has 0 unspecified atom stereocenters. The van der Waals surface area contributed by atoms with Gasteiger partial charge < -0.3 is 11.5 Å². The minimum Gasteiger partial charge on any atom is -0.330 e. The lowest BCUT2D eigenvalue weighted by atomic mass is 10.4. The first-order valence-corrected chi connectivity index (χ1v) is 3.79. The van der Waals surface area contributed by atoms with E-state index in [4.69, 9.17) is 11.5 Å². The molecule has 9 heavy (non-hydrogen) atoms. The molecule has 4 N–H and O–H groups in total. The zero-order valence-corrected chi connectivity index (χ0v) is 6.28. The maximum atomic E-state index is 10.7. The van der Waals surface area contributed by atoms with Crippen molar-refractivity contribution in [2.75, 3.05) is 12.3 Å². The first-order chi connectivity index (χ1) is 4.18. The molecule has 1 atom stereocenters. The Kier molecular flexibility index (Phi) is 4.75. The van der Waals surface area contributed by atoms with Crippen LogP contribution in [0.5, 0.6) is 0 Å². The molecule has 0 spiro atoms. The molecule has 0 aromatic rings. The normalized spacial score (nSPS) is 13.2. The van der Waals surface area contributed by atoms with Crippen molar-refractivity contribution in [1.82, 2.24) is 0 Å². The molecule has 0 aromatic heterocycles. The van der Waals surface area contributed by atoms with Gasteiger partial charge in [-0.05, 0) is 6.92 Å². The predicted octanol–water partition coefficient (Wildman–Crippen LogP) is -0.448. The second kappa shape index (κ2) is 4.78. The number of carbonyl (C=O) groups excluding carboxylic acids is 1. The zero-order chi connectivity index (χ0) is 7.28. The number of thioether (sulfide) groups is 1. The van der Waals surface area contributed by atoms with Crippen molar-refractivity contribution >= 4 is 16.9 Å². The molecule has 3 nitrogen and oxygen atoms in total. The highest BCUT2D eigenvalue weighted by Crippen LogP contribution is 2.01. The minimum absolute atomic E-state index is 0.0143. The second-order valence-electron chi connectivity index (χ2n) is 1.74. The molecule has 4 heteroatoms. The number of carbonyl (C=O) groups is 1. The number of nitrogens with two attached hydrogens (primary N) is 2. The Morgan fingerprint density at radius 2 is 2.33 bits per heavy atom. The fraction of sp³-hybridized carbons (Fsp3) is 0.800. The van der Waals surface area contributed by atoms with Crippen LogP contribution in [0.1, 0.15) is 6.92 Å². The predicted molar refractivity (Wildman–Crippen MR) is 40.2 cm³/mol. The Balaban J connectivity index is 3.28. The van der Waals surface area contributed by atoms with Crippen molar-refractivity contribution in [2.24, 2.45) is 11.5 Å². The van der Waals surface area contributed by atoms with Gasteiger partial charge in [-0.1, -0.05) is 11.8 Å². The summed E-state index contributed by atoms with van der Waals surface area (Å²) in [5, 5.41) is 0.0143. The molecule has 0 saturated carbocycles. The Hall–Kier alpha value is -0.0600. The van der Waals surface area contributed by atoms with Crippen LogP contribution >= 0.6 is 11.8 Å². The summed E-state index contributed by atoms with van der Waals surface area (Å²) < 4.78 is 0. The van der Waals surface area contributed by atoms with Crippen molar-refractivity contribution in [3.8, 4) is 0 Å². The lowest BCUT2D eigenvalue weighted by Gasteiger charge is -2.00. The Bertz CT molecular complexity index is 95.0. The van der Waals surface area contributed by atoms with Crippen molar-refractivity contribution in [2.45, 2.75) is 13.0 Å². The van der Waals surface area contributed by atoms with Crippen LogP contribution in [0.3, 0.4) is 0 Å². The van der Waals surface area contributed by atoms with E-state index in [0.29, 0.717) is 12.3 Å². The monoisotopic (exact) mass is 148 g/mol. The summed E-state index contributed by atoms with van der Waals surface area (Å²) in [6.07, 6.45) is 0. The third-order valence-electron chi connectivity index (χ3n) is 0.734. The molecule has 0 aliphatic heterocycles. The van der Waals surface area contributed by atoms with Crippen LogP contribution in [0.25, 0.3) is 0 Å². The van der Waals surface area contributed by atoms with Crippen LogP contribution in [-0.4, -0.2) is 23.5 Å². The van der Waals surface area contributed by atoms with Gasteiger partial charge in [0.2, 0.25) is 5.12 Å². The van der Waals surface area contributed by atoms with E-state index in [1.165, 1.54) is 11.8 Å². The van der Waals surface area contributed by atoms with Gasteiger partial charge in [0, 0.05) is 12.3 Å². The molecule has 0 aromatic carbocycles. The summed E-state index contributed by atoms with van der Waals surface area (Å²) in [4.78, 5) is 10.7. The summed E-state index contributed by atoms with van der Waals surface area (Å²) in [6, 6.07) is -0.360. The Labute approximate surface area is 59.2 Å². The van der Waals surface area contributed by atoms with Crippen LogP contribution in [0.2, 0.25) is 0 Å². The third-order valence-corrected chi connectivity index (χ3v) is 1.83. The van der Waals surface area contributed by atoms with Gasteiger partial charge in [-0.15, -0.1) is 0 Å². The van der Waals surface area contributed by atoms with Gasteiger partial charge in [-0.2, -0.15) is 0 Å². The molecular formula is C5H12N2OS. The Morgan fingerprint density at radius 1 is 1.78 bits per heavy atom. The molecule has 0 heterocycles. The van der Waals surface area contributed by atoms with Crippen LogP contribution in [0, 0.1) is 0 Å². The molecule has 0 aliphatic rings. The van der Waals surface area contributed by atoms with Crippen molar-refractivity contribution in [3.05, 3.63) is 0 Å². The molecule has 54 valence electrons. The highest BCUT2D eigenvalue weighted by Gasteiger charge is 2.05. The van der Waals surface area contributed by atoms with Gasteiger partial charge in [0.15, 0.2) is 0 Å². The first-order valence-electron chi connectivity index (χ1n) is 2.80. The molecule has 0 aliphatic carbocycles. The molecule has 0 rings (SSSR count). The maximum Gasteiger partial charge on any atom is 0.205 e. The molecule has 0 amide bonds. The van der Waals surface area contributed by atoms with Gasteiger partial charge >= 0.3 is 0 Å². The van der Waals surface area contributed by atoms with Crippen LogP contribution in [0.15, 0.2) is 0 Å². The molecular weight excluding hydrogens is 136 g/mol. The Morgan fingerprint density at radius 3 is 2.67 bits per heavy atom. The summed E-state index contributed by atoms with van der Waals surface area (Å²) in [6.45, 7) is 2.20. The van der Waals surface area contributed by atoms with E-state index in [9.17, 15) is 4.79 Å². The summed E-state index contributed by atoms with van der Waals surface area (Å²) >= 11 is 1.20. The molecule has 0 saturated heterocycles. The fourth-order valence-corrected chi connectivity index (χ4v) is 0.873. The summed E-state index contributed by atoms with van der Waals surface area (Å²) in [7, 11) is 0. The van der Waals surface area contributed by atoms with E-state index >= 15 is 0 Å².